The van der Waals surface area contributed by atoms with Crippen molar-refractivity contribution in [2.24, 2.45) is 0 Å². The summed E-state index contributed by atoms with van der Waals surface area (Å²) in [7, 11) is 0. The van der Waals surface area contributed by atoms with Gasteiger partial charge < -0.3 is 14.7 Å². The first kappa shape index (κ1) is 29.3. The van der Waals surface area contributed by atoms with Crippen molar-refractivity contribution in [2.45, 2.75) is 12.1 Å². The molecule has 8 nitrogen and oxygen atoms in total. The van der Waals surface area contributed by atoms with E-state index in [2.05, 4.69) is 80.3 Å². The first-order chi connectivity index (χ1) is 21.1. The average molecular weight is 580 g/mol. The summed E-state index contributed by atoms with van der Waals surface area (Å²) in [6, 6.07) is 31.2. The Morgan fingerprint density at radius 3 is 2.07 bits per heavy atom. The number of benzene rings is 3. The van der Waals surface area contributed by atoms with Crippen LogP contribution >= 0.6 is 0 Å². The first-order valence-corrected chi connectivity index (χ1v) is 15.3. The van der Waals surface area contributed by atoms with Gasteiger partial charge in [0.1, 0.15) is 18.5 Å². The van der Waals surface area contributed by atoms with Crippen molar-refractivity contribution in [3.8, 4) is 5.75 Å². The number of β-amino-alcohol motifs (C(OH)–C–C–N with tert-alkyl or cyclic N) is 1. The lowest BCUT2D eigenvalue weighted by Crippen LogP contribution is -2.54. The summed E-state index contributed by atoms with van der Waals surface area (Å²) in [5, 5.41) is 11.6. The third kappa shape index (κ3) is 7.40. The van der Waals surface area contributed by atoms with Gasteiger partial charge in [-0.3, -0.25) is 24.5 Å². The Balaban J connectivity index is 0.938. The van der Waals surface area contributed by atoms with Crippen LogP contribution in [0.5, 0.6) is 5.75 Å². The molecule has 2 aliphatic heterocycles. The van der Waals surface area contributed by atoms with Crippen LogP contribution in [-0.4, -0.2) is 114 Å². The number of amides is 1. The summed E-state index contributed by atoms with van der Waals surface area (Å²) in [4.78, 5) is 26.6. The van der Waals surface area contributed by atoms with Crippen LogP contribution in [0.2, 0.25) is 0 Å². The van der Waals surface area contributed by atoms with Crippen molar-refractivity contribution < 1.29 is 14.6 Å². The highest BCUT2D eigenvalue weighted by Gasteiger charge is 2.29. The molecule has 0 bridgehead atoms. The lowest BCUT2D eigenvalue weighted by atomic mass is 9.96. The van der Waals surface area contributed by atoms with Crippen molar-refractivity contribution in [1.82, 2.24) is 24.6 Å². The predicted molar refractivity (Wildman–Crippen MR) is 169 cm³/mol. The Bertz CT molecular complexity index is 1410. The van der Waals surface area contributed by atoms with Gasteiger partial charge in [-0.1, -0.05) is 66.7 Å². The van der Waals surface area contributed by atoms with E-state index in [0.717, 1.165) is 69.0 Å². The van der Waals surface area contributed by atoms with Crippen LogP contribution in [0.15, 0.2) is 97.2 Å². The molecule has 0 spiro atoms. The number of aromatic nitrogens is 1. The molecular formula is C35H41N5O3. The number of ether oxygens (including phenoxy) is 1. The van der Waals surface area contributed by atoms with Gasteiger partial charge in [0.05, 0.1) is 18.1 Å². The fraction of sp³-hybridized carbons (Fsp3) is 0.371. The molecule has 0 saturated carbocycles. The molecule has 1 unspecified atom stereocenters. The molecule has 2 fully saturated rings. The average Bonchev–Trinajstić information content (AvgIpc) is 3.06. The molecule has 43 heavy (non-hydrogen) atoms. The highest BCUT2D eigenvalue weighted by Crippen LogP contribution is 2.29. The number of fused-ring (bicyclic) bond motifs is 1. The van der Waals surface area contributed by atoms with E-state index in [0.29, 0.717) is 13.1 Å². The fourth-order valence-electron chi connectivity index (χ4n) is 6.27. The van der Waals surface area contributed by atoms with Gasteiger partial charge in [-0.25, -0.2) is 0 Å². The van der Waals surface area contributed by atoms with E-state index >= 15 is 0 Å². The smallest absolute Gasteiger partial charge is 0.236 e. The van der Waals surface area contributed by atoms with E-state index in [9.17, 15) is 9.90 Å². The predicted octanol–water partition coefficient (Wildman–Crippen LogP) is 3.53. The monoisotopic (exact) mass is 579 g/mol. The van der Waals surface area contributed by atoms with E-state index in [1.165, 1.54) is 11.1 Å². The number of hydrogen-bond donors (Lipinski definition) is 1. The summed E-state index contributed by atoms with van der Waals surface area (Å²) >= 11 is 0. The molecule has 1 atom stereocenters. The molecule has 0 aliphatic carbocycles. The van der Waals surface area contributed by atoms with Gasteiger partial charge >= 0.3 is 0 Å². The maximum absolute atomic E-state index is 13.2. The minimum Gasteiger partial charge on any atom is -0.490 e. The van der Waals surface area contributed by atoms with Crippen LogP contribution in [0.25, 0.3) is 10.9 Å². The summed E-state index contributed by atoms with van der Waals surface area (Å²) in [5.74, 6) is 0.951. The van der Waals surface area contributed by atoms with Gasteiger partial charge in [-0.2, -0.15) is 0 Å². The van der Waals surface area contributed by atoms with E-state index in [-0.39, 0.29) is 18.6 Å². The van der Waals surface area contributed by atoms with Crippen LogP contribution in [-0.2, 0) is 4.79 Å². The highest BCUT2D eigenvalue weighted by molar-refractivity contribution is 5.84. The minimum absolute atomic E-state index is 0.192. The van der Waals surface area contributed by atoms with Gasteiger partial charge in [0, 0.05) is 70.5 Å². The standard InChI is InChI=1S/C35H41N5O3/c41-30(27-43-33-15-7-14-32-31(33)13-8-16-36-32)25-37-17-19-38(20-18-37)26-34(42)39-21-23-40(24-22-39)35(28-9-3-1-4-10-28)29-11-5-2-6-12-29/h1-16,30,35,41H,17-27H2. The maximum Gasteiger partial charge on any atom is 0.236 e. The van der Waals surface area contributed by atoms with E-state index in [4.69, 9.17) is 4.74 Å². The van der Waals surface area contributed by atoms with Crippen molar-refractivity contribution >= 4 is 16.8 Å². The Morgan fingerprint density at radius 1 is 0.744 bits per heavy atom. The second kappa shape index (κ2) is 14.1. The summed E-state index contributed by atoms with van der Waals surface area (Å²) in [6.07, 6.45) is 1.18. The Labute approximate surface area is 254 Å². The number of rotatable bonds is 10. The zero-order chi connectivity index (χ0) is 29.4. The van der Waals surface area contributed by atoms with Crippen LogP contribution < -0.4 is 4.74 Å². The van der Waals surface area contributed by atoms with Gasteiger partial charge in [-0.05, 0) is 35.4 Å². The third-order valence-corrected chi connectivity index (χ3v) is 8.59. The summed E-state index contributed by atoms with van der Waals surface area (Å²) < 4.78 is 5.96. The Morgan fingerprint density at radius 2 is 1.40 bits per heavy atom. The molecule has 4 aromatic rings. The molecule has 2 saturated heterocycles. The number of carbonyl (C=O) groups is 1. The number of carbonyl (C=O) groups excluding carboxylic acids is 1. The van der Waals surface area contributed by atoms with Gasteiger partial charge in [0.15, 0.2) is 0 Å². The van der Waals surface area contributed by atoms with Gasteiger partial charge in [0.25, 0.3) is 0 Å². The molecule has 2 aliphatic rings. The van der Waals surface area contributed by atoms with Crippen molar-refractivity contribution in [3.05, 3.63) is 108 Å². The SMILES string of the molecule is O=C(CN1CCN(CC(O)COc2cccc3ncccc23)CC1)N1CCN(C(c2ccccc2)c2ccccc2)CC1. The number of pyridine rings is 1. The molecule has 0 radical (unpaired) electrons. The molecule has 3 aromatic carbocycles. The van der Waals surface area contributed by atoms with Crippen LogP contribution in [0.1, 0.15) is 17.2 Å². The zero-order valence-electron chi connectivity index (χ0n) is 24.7. The van der Waals surface area contributed by atoms with E-state index < -0.39 is 6.10 Å². The number of nitrogens with zero attached hydrogens (tertiary/aromatic N) is 5. The number of hydrogen-bond acceptors (Lipinski definition) is 7. The largest absolute Gasteiger partial charge is 0.490 e. The second-order valence-corrected chi connectivity index (χ2v) is 11.5. The molecule has 8 heteroatoms. The lowest BCUT2D eigenvalue weighted by Gasteiger charge is -2.41. The van der Waals surface area contributed by atoms with E-state index in [1.807, 2.05) is 35.2 Å². The third-order valence-electron chi connectivity index (χ3n) is 8.59. The highest BCUT2D eigenvalue weighted by atomic mass is 16.5. The molecule has 6 rings (SSSR count). The van der Waals surface area contributed by atoms with Crippen molar-refractivity contribution in [1.29, 1.82) is 0 Å². The zero-order valence-corrected chi connectivity index (χ0v) is 24.7. The van der Waals surface area contributed by atoms with Gasteiger partial charge in [0.2, 0.25) is 5.91 Å². The summed E-state index contributed by atoms with van der Waals surface area (Å²) in [6.45, 7) is 7.71. The number of aliphatic hydroxyl groups excluding tert-OH is 1. The quantitative estimate of drug-likeness (QED) is 0.308. The minimum atomic E-state index is -0.591. The van der Waals surface area contributed by atoms with Crippen molar-refractivity contribution in [3.63, 3.8) is 0 Å². The first-order valence-electron chi connectivity index (χ1n) is 15.3. The van der Waals surface area contributed by atoms with Crippen molar-refractivity contribution in [2.75, 3.05) is 72.1 Å². The lowest BCUT2D eigenvalue weighted by molar-refractivity contribution is -0.134. The molecular weight excluding hydrogens is 538 g/mol. The molecule has 3 heterocycles. The topological polar surface area (TPSA) is 72.4 Å². The second-order valence-electron chi connectivity index (χ2n) is 11.5. The molecule has 1 aromatic heterocycles. The molecule has 1 N–H and O–H groups in total. The maximum atomic E-state index is 13.2. The Hall–Kier alpha value is -3.82. The molecule has 224 valence electrons. The van der Waals surface area contributed by atoms with Crippen LogP contribution in [0, 0.1) is 0 Å². The fourth-order valence-corrected chi connectivity index (χ4v) is 6.27. The normalized spacial score (nSPS) is 17.8. The van der Waals surface area contributed by atoms with Crippen LogP contribution in [0.3, 0.4) is 0 Å². The molecule has 1 amide bonds. The van der Waals surface area contributed by atoms with Crippen LogP contribution in [0.4, 0.5) is 0 Å². The number of aliphatic hydroxyl groups is 1. The number of piperazine rings is 2. The summed E-state index contributed by atoms with van der Waals surface area (Å²) in [5.41, 5.74) is 3.45. The van der Waals surface area contributed by atoms with E-state index in [1.54, 1.807) is 6.20 Å². The van der Waals surface area contributed by atoms with Gasteiger partial charge in [-0.15, -0.1) is 0 Å². The Kier molecular flexibility index (Phi) is 9.60.